The highest BCUT2D eigenvalue weighted by molar-refractivity contribution is 4.78. The number of nitrogens with zero attached hydrogens (tertiary/aromatic N) is 2. The van der Waals surface area contributed by atoms with Crippen LogP contribution in [0.25, 0.3) is 0 Å². The van der Waals surface area contributed by atoms with Gasteiger partial charge in [-0.15, -0.1) is 0 Å². The van der Waals surface area contributed by atoms with E-state index in [0.29, 0.717) is 5.89 Å². The molecule has 0 bridgehead atoms. The monoisotopic (exact) mass is 183 g/mol. The van der Waals surface area contributed by atoms with Gasteiger partial charge in [0, 0.05) is 13.0 Å². The Bertz CT molecular complexity index is 311. The molecule has 1 aliphatic rings. The molecule has 0 radical (unpaired) electrons. The predicted molar refractivity (Wildman–Crippen MR) is 46.5 cm³/mol. The van der Waals surface area contributed by atoms with Crippen molar-refractivity contribution in [1.82, 2.24) is 15.0 Å². The molecule has 0 aliphatic carbocycles. The number of hydrogen-bond acceptors (Lipinski definition) is 4. The van der Waals surface area contributed by atoms with E-state index in [0.717, 1.165) is 26.1 Å². The average molecular weight is 183 g/mol. The Morgan fingerprint density at radius 2 is 2.23 bits per heavy atom. The molecule has 1 fully saturated rings. The second kappa shape index (κ2) is 3.74. The standard InChI is InChI=1S/C8H13N3O2/c12-8-9-7(13-10-8)3-6-11-4-1-2-5-11/h1-6H2,(H,10,12). The first-order chi connectivity index (χ1) is 6.34. The minimum absolute atomic E-state index is 0.392. The zero-order valence-corrected chi connectivity index (χ0v) is 7.45. The van der Waals surface area contributed by atoms with Gasteiger partial charge in [0.05, 0.1) is 0 Å². The molecule has 0 unspecified atom stereocenters. The molecule has 2 rings (SSSR count). The van der Waals surface area contributed by atoms with Crippen LogP contribution in [0.15, 0.2) is 9.32 Å². The van der Waals surface area contributed by atoms with Crippen molar-refractivity contribution in [2.24, 2.45) is 0 Å². The minimum atomic E-state index is -0.392. The first-order valence-electron chi connectivity index (χ1n) is 4.61. The Balaban J connectivity index is 1.82. The lowest BCUT2D eigenvalue weighted by Gasteiger charge is -2.11. The molecule has 5 heteroatoms. The topological polar surface area (TPSA) is 62.1 Å². The zero-order chi connectivity index (χ0) is 9.10. The van der Waals surface area contributed by atoms with Crippen molar-refractivity contribution in [3.05, 3.63) is 16.4 Å². The van der Waals surface area contributed by atoms with Crippen molar-refractivity contribution in [2.45, 2.75) is 19.3 Å². The van der Waals surface area contributed by atoms with Crippen molar-refractivity contribution in [3.8, 4) is 0 Å². The van der Waals surface area contributed by atoms with Gasteiger partial charge in [-0.3, -0.25) is 0 Å². The van der Waals surface area contributed by atoms with E-state index in [1.807, 2.05) is 0 Å². The fourth-order valence-corrected chi connectivity index (χ4v) is 1.63. The summed E-state index contributed by atoms with van der Waals surface area (Å²) >= 11 is 0. The normalized spacial score (nSPS) is 18.2. The third kappa shape index (κ3) is 2.18. The van der Waals surface area contributed by atoms with Crippen LogP contribution in [0.2, 0.25) is 0 Å². The highest BCUT2D eigenvalue weighted by atomic mass is 16.5. The second-order valence-electron chi connectivity index (χ2n) is 3.31. The smallest absolute Gasteiger partial charge is 0.362 e. The third-order valence-electron chi connectivity index (χ3n) is 2.32. The number of hydrogen-bond donors (Lipinski definition) is 1. The van der Waals surface area contributed by atoms with Crippen molar-refractivity contribution < 1.29 is 4.52 Å². The van der Waals surface area contributed by atoms with Crippen LogP contribution in [0, 0.1) is 0 Å². The molecule has 0 spiro atoms. The van der Waals surface area contributed by atoms with Gasteiger partial charge in [0.15, 0.2) is 0 Å². The van der Waals surface area contributed by atoms with Gasteiger partial charge in [0.2, 0.25) is 5.89 Å². The fraction of sp³-hybridized carbons (Fsp3) is 0.750. The summed E-state index contributed by atoms with van der Waals surface area (Å²) in [7, 11) is 0. The number of rotatable bonds is 3. The van der Waals surface area contributed by atoms with Crippen LogP contribution in [-0.2, 0) is 6.42 Å². The lowest BCUT2D eigenvalue weighted by atomic mass is 10.4. The van der Waals surface area contributed by atoms with Crippen molar-refractivity contribution in [2.75, 3.05) is 19.6 Å². The molecule has 0 amide bonds. The first kappa shape index (κ1) is 8.50. The third-order valence-corrected chi connectivity index (χ3v) is 2.32. The van der Waals surface area contributed by atoms with Gasteiger partial charge in [-0.25, -0.2) is 4.79 Å². The van der Waals surface area contributed by atoms with E-state index in [1.165, 1.54) is 12.8 Å². The van der Waals surface area contributed by atoms with E-state index in [4.69, 9.17) is 4.52 Å². The Morgan fingerprint density at radius 1 is 1.46 bits per heavy atom. The summed E-state index contributed by atoms with van der Waals surface area (Å²) in [6.07, 6.45) is 3.29. The maximum absolute atomic E-state index is 10.6. The number of aromatic amines is 1. The lowest BCUT2D eigenvalue weighted by molar-refractivity contribution is 0.311. The second-order valence-corrected chi connectivity index (χ2v) is 3.31. The van der Waals surface area contributed by atoms with Crippen LogP contribution >= 0.6 is 0 Å². The molecule has 1 aliphatic heterocycles. The predicted octanol–water partition coefficient (Wildman–Crippen LogP) is 0.00120. The van der Waals surface area contributed by atoms with Crippen LogP contribution in [0.1, 0.15) is 18.7 Å². The highest BCUT2D eigenvalue weighted by Gasteiger charge is 2.12. The molecule has 0 atom stereocenters. The summed E-state index contributed by atoms with van der Waals surface area (Å²) in [5.41, 5.74) is -0.392. The SMILES string of the molecule is O=c1nc(CCN2CCCC2)o[nH]1. The minimum Gasteiger partial charge on any atom is -0.362 e. The molecule has 72 valence electrons. The largest absolute Gasteiger partial charge is 0.377 e. The van der Waals surface area contributed by atoms with Gasteiger partial charge in [0.1, 0.15) is 0 Å². The molecule has 2 heterocycles. The van der Waals surface area contributed by atoms with Crippen LogP contribution < -0.4 is 5.69 Å². The molecule has 1 saturated heterocycles. The van der Waals surface area contributed by atoms with E-state index in [2.05, 4.69) is 15.0 Å². The van der Waals surface area contributed by atoms with E-state index in [9.17, 15) is 4.79 Å². The summed E-state index contributed by atoms with van der Waals surface area (Å²) in [6.45, 7) is 3.26. The fourth-order valence-electron chi connectivity index (χ4n) is 1.63. The number of likely N-dealkylation sites (tertiary alicyclic amines) is 1. The highest BCUT2D eigenvalue weighted by Crippen LogP contribution is 2.07. The van der Waals surface area contributed by atoms with Gasteiger partial charge in [0.25, 0.3) is 0 Å². The molecule has 0 aromatic carbocycles. The summed E-state index contributed by atoms with van der Waals surface area (Å²) in [5, 5.41) is 2.18. The maximum Gasteiger partial charge on any atom is 0.377 e. The van der Waals surface area contributed by atoms with Gasteiger partial charge in [-0.2, -0.15) is 10.1 Å². The van der Waals surface area contributed by atoms with Crippen LogP contribution in [0.5, 0.6) is 0 Å². The molecule has 0 saturated carbocycles. The maximum atomic E-state index is 10.6. The number of H-pyrrole nitrogens is 1. The molecule has 1 aromatic rings. The first-order valence-corrected chi connectivity index (χ1v) is 4.61. The van der Waals surface area contributed by atoms with Gasteiger partial charge < -0.3 is 9.42 Å². The molecule has 1 aromatic heterocycles. The Labute approximate surface area is 75.7 Å². The number of nitrogens with one attached hydrogen (secondary N) is 1. The molecule has 13 heavy (non-hydrogen) atoms. The van der Waals surface area contributed by atoms with Crippen LogP contribution in [0.3, 0.4) is 0 Å². The van der Waals surface area contributed by atoms with Crippen molar-refractivity contribution in [1.29, 1.82) is 0 Å². The Morgan fingerprint density at radius 3 is 2.85 bits per heavy atom. The summed E-state index contributed by atoms with van der Waals surface area (Å²) in [4.78, 5) is 16.6. The molecular weight excluding hydrogens is 170 g/mol. The summed E-state index contributed by atoms with van der Waals surface area (Å²) in [6, 6.07) is 0. The van der Waals surface area contributed by atoms with E-state index < -0.39 is 5.69 Å². The molecule has 1 N–H and O–H groups in total. The lowest BCUT2D eigenvalue weighted by Crippen LogP contribution is -2.22. The van der Waals surface area contributed by atoms with Crippen LogP contribution in [0.4, 0.5) is 0 Å². The van der Waals surface area contributed by atoms with E-state index >= 15 is 0 Å². The molecular formula is C8H13N3O2. The number of aromatic nitrogens is 2. The van der Waals surface area contributed by atoms with Crippen molar-refractivity contribution >= 4 is 0 Å². The van der Waals surface area contributed by atoms with Crippen LogP contribution in [-0.4, -0.2) is 34.7 Å². The molecule has 5 nitrogen and oxygen atoms in total. The Kier molecular flexibility index (Phi) is 2.44. The van der Waals surface area contributed by atoms with Gasteiger partial charge in [-0.05, 0) is 25.9 Å². The van der Waals surface area contributed by atoms with Crippen molar-refractivity contribution in [3.63, 3.8) is 0 Å². The summed E-state index contributed by atoms with van der Waals surface area (Å²) in [5.74, 6) is 0.511. The van der Waals surface area contributed by atoms with E-state index in [-0.39, 0.29) is 0 Å². The summed E-state index contributed by atoms with van der Waals surface area (Å²) < 4.78 is 4.85. The van der Waals surface area contributed by atoms with Gasteiger partial charge >= 0.3 is 5.69 Å². The van der Waals surface area contributed by atoms with Gasteiger partial charge in [-0.1, -0.05) is 0 Å². The van der Waals surface area contributed by atoms with E-state index in [1.54, 1.807) is 0 Å². The zero-order valence-electron chi connectivity index (χ0n) is 7.45. The Hall–Kier alpha value is -1.10. The average Bonchev–Trinajstić information content (AvgIpc) is 2.71. The quantitative estimate of drug-likeness (QED) is 0.716.